The molecular weight excluding hydrogens is 374 g/mol. The molecule has 0 radical (unpaired) electrons. The Bertz CT molecular complexity index is 1080. The van der Waals surface area contributed by atoms with Crippen molar-refractivity contribution in [3.05, 3.63) is 52.4 Å². The lowest BCUT2D eigenvalue weighted by Gasteiger charge is -2.16. The summed E-state index contributed by atoms with van der Waals surface area (Å²) >= 11 is 0. The molecule has 3 rings (SSSR count). The van der Waals surface area contributed by atoms with Gasteiger partial charge in [0.1, 0.15) is 0 Å². The van der Waals surface area contributed by atoms with Crippen LogP contribution in [-0.2, 0) is 14.3 Å². The zero-order valence-corrected chi connectivity index (χ0v) is 18.2. The first-order valence-electron chi connectivity index (χ1n) is 10.9. The molecule has 1 unspecified atom stereocenters. The number of nitrogens with one attached hydrogen (secondary N) is 1. The van der Waals surface area contributed by atoms with Crippen molar-refractivity contribution in [1.29, 1.82) is 0 Å². The first-order chi connectivity index (χ1) is 14.5. The summed E-state index contributed by atoms with van der Waals surface area (Å²) in [5, 5.41) is 6.97. The van der Waals surface area contributed by atoms with Crippen molar-refractivity contribution >= 4 is 40.3 Å². The van der Waals surface area contributed by atoms with Crippen LogP contribution in [0.15, 0.2) is 36.4 Å². The summed E-state index contributed by atoms with van der Waals surface area (Å²) in [6, 6.07) is 10.1. The van der Waals surface area contributed by atoms with Crippen LogP contribution < -0.4 is 15.8 Å². The van der Waals surface area contributed by atoms with E-state index in [0.29, 0.717) is 24.6 Å². The van der Waals surface area contributed by atoms with E-state index in [0.717, 1.165) is 52.5 Å². The fraction of sp³-hybridized carbons (Fsp3) is 0.385. The van der Waals surface area contributed by atoms with Gasteiger partial charge in [0.25, 0.3) is 0 Å². The molecule has 0 aromatic heterocycles. The van der Waals surface area contributed by atoms with Gasteiger partial charge in [0, 0.05) is 6.54 Å². The molecule has 2 aromatic carbocycles. The zero-order chi connectivity index (χ0) is 21.5. The van der Waals surface area contributed by atoms with Gasteiger partial charge in [-0.1, -0.05) is 51.3 Å². The molecule has 4 heteroatoms. The van der Waals surface area contributed by atoms with Crippen LogP contribution >= 0.6 is 0 Å². The molecule has 0 fully saturated rings. The minimum absolute atomic E-state index is 0.00942. The molecule has 1 aliphatic rings. The first-order valence-corrected chi connectivity index (χ1v) is 10.9. The Morgan fingerprint density at radius 1 is 1.10 bits per heavy atom. The largest absolute Gasteiger partial charge is 0.462 e. The Morgan fingerprint density at radius 2 is 1.93 bits per heavy atom. The summed E-state index contributed by atoms with van der Waals surface area (Å²) in [5.41, 5.74) is 1.65. The van der Waals surface area contributed by atoms with Crippen LogP contribution in [0.25, 0.3) is 28.5 Å². The lowest BCUT2D eigenvalue weighted by molar-refractivity contribution is -0.138. The van der Waals surface area contributed by atoms with E-state index >= 15 is 0 Å². The van der Waals surface area contributed by atoms with E-state index in [1.807, 2.05) is 37.4 Å². The van der Waals surface area contributed by atoms with Gasteiger partial charge in [-0.05, 0) is 76.5 Å². The number of esters is 1. The second-order valence-electron chi connectivity index (χ2n) is 7.95. The zero-order valence-electron chi connectivity index (χ0n) is 18.2. The summed E-state index contributed by atoms with van der Waals surface area (Å²) < 4.78 is 5.71. The average Bonchev–Trinajstić information content (AvgIpc) is 2.75. The van der Waals surface area contributed by atoms with Gasteiger partial charge in [-0.25, -0.2) is 4.79 Å². The van der Waals surface area contributed by atoms with Crippen LogP contribution in [0.4, 0.5) is 0 Å². The predicted molar refractivity (Wildman–Crippen MR) is 123 cm³/mol. The van der Waals surface area contributed by atoms with E-state index < -0.39 is 0 Å². The van der Waals surface area contributed by atoms with Crippen LogP contribution in [-0.4, -0.2) is 32.0 Å². The number of ketones is 1. The Balaban J connectivity index is 1.92. The smallest absolute Gasteiger partial charge is 0.335 e. The van der Waals surface area contributed by atoms with Crippen LogP contribution in [0.1, 0.15) is 45.1 Å². The number of hydrogen-bond donors (Lipinski definition) is 1. The highest BCUT2D eigenvalue weighted by molar-refractivity contribution is 6.17. The standard InChI is InChI=1S/C26H31NO3/c1-4-6-7-18(5-2)17-30-26(29)25(16-27-3)21-9-8-19-13-23-15-24(28)11-10-20(23)12-22(19)14-21/h8-15,18,27H,4-7,16-17H2,1-3H3/b25-21-. The number of carbonyl (C=O) groups is 2. The molecule has 0 saturated carbocycles. The maximum absolute atomic E-state index is 12.9. The van der Waals surface area contributed by atoms with E-state index in [4.69, 9.17) is 4.74 Å². The minimum atomic E-state index is -0.254. The molecule has 0 bridgehead atoms. The molecule has 0 heterocycles. The van der Waals surface area contributed by atoms with Crippen LogP contribution in [0.2, 0.25) is 0 Å². The normalized spacial score (nSPS) is 14.8. The molecule has 30 heavy (non-hydrogen) atoms. The van der Waals surface area contributed by atoms with Crippen molar-refractivity contribution in [3.8, 4) is 0 Å². The van der Waals surface area contributed by atoms with Crippen LogP contribution in [0, 0.1) is 5.92 Å². The number of ether oxygens (including phenoxy) is 1. The molecule has 1 atom stereocenters. The summed E-state index contributed by atoms with van der Waals surface area (Å²) in [5.74, 6) is 0.171. The van der Waals surface area contributed by atoms with E-state index in [1.54, 1.807) is 12.2 Å². The maximum atomic E-state index is 12.9. The van der Waals surface area contributed by atoms with Gasteiger partial charge < -0.3 is 10.1 Å². The van der Waals surface area contributed by atoms with Crippen LogP contribution in [0.5, 0.6) is 0 Å². The van der Waals surface area contributed by atoms with Gasteiger partial charge in [0.05, 0.1) is 12.2 Å². The number of hydrogen-bond acceptors (Lipinski definition) is 4. The topological polar surface area (TPSA) is 55.4 Å². The van der Waals surface area contributed by atoms with Gasteiger partial charge in [0.2, 0.25) is 0 Å². The lowest BCUT2D eigenvalue weighted by atomic mass is 9.99. The van der Waals surface area contributed by atoms with Gasteiger partial charge in [-0.3, -0.25) is 4.79 Å². The summed E-state index contributed by atoms with van der Waals surface area (Å²) in [7, 11) is 1.83. The Morgan fingerprint density at radius 3 is 2.67 bits per heavy atom. The molecule has 2 aromatic rings. The third-order valence-electron chi connectivity index (χ3n) is 5.71. The summed E-state index contributed by atoms with van der Waals surface area (Å²) in [4.78, 5) is 24.5. The van der Waals surface area contributed by atoms with E-state index in [2.05, 4.69) is 25.2 Å². The monoisotopic (exact) mass is 405 g/mol. The third kappa shape index (κ3) is 5.25. The maximum Gasteiger partial charge on any atom is 0.335 e. The second-order valence-corrected chi connectivity index (χ2v) is 7.95. The quantitative estimate of drug-likeness (QED) is 0.650. The van der Waals surface area contributed by atoms with Crippen molar-refractivity contribution in [3.63, 3.8) is 0 Å². The van der Waals surface area contributed by atoms with Crippen molar-refractivity contribution in [2.45, 2.75) is 39.5 Å². The number of benzene rings is 2. The number of fused-ring (bicyclic) bond motifs is 2. The van der Waals surface area contributed by atoms with Crippen molar-refractivity contribution in [2.24, 2.45) is 5.92 Å². The fourth-order valence-electron chi connectivity index (χ4n) is 3.81. The number of carbonyl (C=O) groups excluding carboxylic acids is 2. The van der Waals surface area contributed by atoms with Crippen molar-refractivity contribution in [1.82, 2.24) is 5.32 Å². The first kappa shape index (κ1) is 22.0. The van der Waals surface area contributed by atoms with Crippen molar-refractivity contribution < 1.29 is 14.3 Å². The summed E-state index contributed by atoms with van der Waals surface area (Å²) in [6.45, 7) is 5.25. The molecule has 158 valence electrons. The molecule has 0 amide bonds. The SMILES string of the molecule is CCCCC(CC)COC(=O)/C(CNC)=c1/ccc2cc3c(cc2c1)C=CC(=O)C=3. The molecule has 0 saturated heterocycles. The van der Waals surface area contributed by atoms with Crippen LogP contribution in [0.3, 0.4) is 0 Å². The highest BCUT2D eigenvalue weighted by Gasteiger charge is 2.15. The minimum Gasteiger partial charge on any atom is -0.462 e. The van der Waals surface area contributed by atoms with Gasteiger partial charge in [0.15, 0.2) is 5.78 Å². The number of unbranched alkanes of at least 4 members (excludes halogenated alkanes) is 1. The van der Waals surface area contributed by atoms with Crippen molar-refractivity contribution in [2.75, 3.05) is 20.2 Å². The Labute approximate surface area is 178 Å². The van der Waals surface area contributed by atoms with Gasteiger partial charge >= 0.3 is 5.97 Å². The molecule has 0 aliphatic heterocycles. The van der Waals surface area contributed by atoms with E-state index in [-0.39, 0.29) is 11.8 Å². The number of rotatable bonds is 9. The lowest BCUT2D eigenvalue weighted by Crippen LogP contribution is -2.26. The average molecular weight is 406 g/mol. The van der Waals surface area contributed by atoms with E-state index in [9.17, 15) is 9.59 Å². The second kappa shape index (κ2) is 10.4. The fourth-order valence-corrected chi connectivity index (χ4v) is 3.81. The third-order valence-corrected chi connectivity index (χ3v) is 5.71. The van der Waals surface area contributed by atoms with E-state index in [1.165, 1.54) is 0 Å². The predicted octanol–water partition coefficient (Wildman–Crippen LogP) is 3.35. The molecule has 4 nitrogen and oxygen atoms in total. The molecule has 1 N–H and O–H groups in total. The Hall–Kier alpha value is -2.72. The molecular formula is C26H31NO3. The highest BCUT2D eigenvalue weighted by atomic mass is 16.5. The number of allylic oxidation sites excluding steroid dienone is 1. The van der Waals surface area contributed by atoms with Gasteiger partial charge in [-0.15, -0.1) is 0 Å². The molecule has 1 aliphatic carbocycles. The Kier molecular flexibility index (Phi) is 7.58. The molecule has 0 spiro atoms. The summed E-state index contributed by atoms with van der Waals surface area (Å²) in [6.07, 6.45) is 9.51. The van der Waals surface area contributed by atoms with Gasteiger partial charge in [-0.2, -0.15) is 0 Å². The highest BCUT2D eigenvalue weighted by Crippen LogP contribution is 2.16.